The predicted molar refractivity (Wildman–Crippen MR) is 107 cm³/mol. The maximum Gasteiger partial charge on any atom is 0.269 e. The summed E-state index contributed by atoms with van der Waals surface area (Å²) in [6.07, 6.45) is 2.05. The summed E-state index contributed by atoms with van der Waals surface area (Å²) in [5.41, 5.74) is 1.04. The first-order chi connectivity index (χ1) is 13.1. The molecule has 1 atom stereocenters. The van der Waals surface area contributed by atoms with Gasteiger partial charge in [-0.3, -0.25) is 15.0 Å². The van der Waals surface area contributed by atoms with Gasteiger partial charge in [0.15, 0.2) is 5.96 Å². The number of morpholine rings is 1. The van der Waals surface area contributed by atoms with Crippen molar-refractivity contribution < 1.29 is 9.66 Å². The Bertz CT molecular complexity index is 600. The number of guanidine groups is 1. The predicted octanol–water partition coefficient (Wildman–Crippen LogP) is 2.15. The van der Waals surface area contributed by atoms with E-state index >= 15 is 0 Å². The first-order valence-corrected chi connectivity index (χ1v) is 9.66. The molecule has 0 saturated carbocycles. The van der Waals surface area contributed by atoms with Crippen molar-refractivity contribution in [3.8, 4) is 0 Å². The molecular weight excluding hydrogens is 346 g/mol. The van der Waals surface area contributed by atoms with E-state index < -0.39 is 0 Å². The van der Waals surface area contributed by atoms with Gasteiger partial charge in [0.05, 0.1) is 24.7 Å². The van der Waals surface area contributed by atoms with Gasteiger partial charge < -0.3 is 15.4 Å². The Morgan fingerprint density at radius 1 is 1.33 bits per heavy atom. The van der Waals surface area contributed by atoms with Gasteiger partial charge in [0.2, 0.25) is 0 Å². The van der Waals surface area contributed by atoms with E-state index in [9.17, 15) is 10.1 Å². The molecule has 0 aromatic heterocycles. The quantitative estimate of drug-likeness (QED) is 0.225. The number of nitro benzene ring substituents is 1. The molecule has 150 valence electrons. The van der Waals surface area contributed by atoms with Crippen molar-refractivity contribution in [2.75, 3.05) is 39.4 Å². The number of nitro groups is 1. The minimum Gasteiger partial charge on any atom is -0.379 e. The van der Waals surface area contributed by atoms with Crippen molar-refractivity contribution in [1.82, 2.24) is 15.5 Å². The van der Waals surface area contributed by atoms with Crippen LogP contribution in [-0.2, 0) is 11.3 Å². The molecule has 1 aromatic carbocycles. The average molecular weight is 377 g/mol. The lowest BCUT2D eigenvalue weighted by molar-refractivity contribution is -0.384. The second kappa shape index (κ2) is 11.5. The number of hydrogen-bond donors (Lipinski definition) is 2. The number of rotatable bonds is 9. The molecule has 2 rings (SSSR count). The summed E-state index contributed by atoms with van der Waals surface area (Å²) >= 11 is 0. The first kappa shape index (κ1) is 21.1. The maximum atomic E-state index is 10.7. The van der Waals surface area contributed by atoms with Gasteiger partial charge in [-0.05, 0) is 31.9 Å². The average Bonchev–Trinajstić information content (AvgIpc) is 2.70. The maximum absolute atomic E-state index is 10.7. The molecule has 8 nitrogen and oxygen atoms in total. The highest BCUT2D eigenvalue weighted by atomic mass is 16.6. The molecule has 0 spiro atoms. The largest absolute Gasteiger partial charge is 0.379 e. The second-order valence-corrected chi connectivity index (χ2v) is 6.78. The summed E-state index contributed by atoms with van der Waals surface area (Å²) in [6, 6.07) is 6.86. The van der Waals surface area contributed by atoms with Gasteiger partial charge in [-0.15, -0.1) is 0 Å². The van der Waals surface area contributed by atoms with Crippen LogP contribution in [0.25, 0.3) is 0 Å². The molecule has 1 aliphatic heterocycles. The van der Waals surface area contributed by atoms with Gasteiger partial charge in [-0.2, -0.15) is 0 Å². The number of ether oxygens (including phenoxy) is 1. The molecule has 0 amide bonds. The van der Waals surface area contributed by atoms with Crippen molar-refractivity contribution in [3.05, 3.63) is 39.9 Å². The zero-order chi connectivity index (χ0) is 19.5. The van der Waals surface area contributed by atoms with Crippen LogP contribution in [0.1, 0.15) is 32.3 Å². The molecule has 1 aliphatic rings. The monoisotopic (exact) mass is 377 g/mol. The molecule has 1 saturated heterocycles. The number of non-ortho nitro benzene ring substituents is 1. The molecule has 0 aliphatic carbocycles. The first-order valence-electron chi connectivity index (χ1n) is 9.66. The molecular formula is C19H31N5O3. The van der Waals surface area contributed by atoms with Gasteiger partial charge in [0.1, 0.15) is 0 Å². The number of hydrogen-bond acceptors (Lipinski definition) is 5. The van der Waals surface area contributed by atoms with Gasteiger partial charge >= 0.3 is 0 Å². The van der Waals surface area contributed by atoms with Crippen molar-refractivity contribution in [3.63, 3.8) is 0 Å². The van der Waals surface area contributed by atoms with Gasteiger partial charge in [-0.1, -0.05) is 19.1 Å². The summed E-state index contributed by atoms with van der Waals surface area (Å²) in [5.74, 6) is 0.782. The molecule has 27 heavy (non-hydrogen) atoms. The lowest BCUT2D eigenvalue weighted by atomic mass is 10.2. The minimum absolute atomic E-state index is 0.0990. The van der Waals surface area contributed by atoms with E-state index in [1.54, 1.807) is 12.1 Å². The lowest BCUT2D eigenvalue weighted by Crippen LogP contribution is -2.43. The van der Waals surface area contributed by atoms with Gasteiger partial charge in [0, 0.05) is 37.8 Å². The Morgan fingerprint density at radius 2 is 2.04 bits per heavy atom. The molecule has 8 heteroatoms. The van der Waals surface area contributed by atoms with E-state index in [-0.39, 0.29) is 10.6 Å². The Kier molecular flexibility index (Phi) is 9.00. The number of nitrogens with zero attached hydrogens (tertiary/aromatic N) is 3. The molecule has 1 heterocycles. The molecule has 2 N–H and O–H groups in total. The fourth-order valence-electron chi connectivity index (χ4n) is 2.72. The van der Waals surface area contributed by atoms with Crippen molar-refractivity contribution in [2.45, 2.75) is 39.3 Å². The normalized spacial score (nSPS) is 16.7. The van der Waals surface area contributed by atoms with Gasteiger partial charge in [-0.25, -0.2) is 4.99 Å². The summed E-state index contributed by atoms with van der Waals surface area (Å²) in [6.45, 7) is 10.3. The minimum atomic E-state index is -0.390. The van der Waals surface area contributed by atoms with E-state index in [0.29, 0.717) is 12.6 Å². The van der Waals surface area contributed by atoms with Crippen molar-refractivity contribution >= 4 is 11.6 Å². The number of nitrogens with one attached hydrogen (secondary N) is 2. The molecule has 1 unspecified atom stereocenters. The third kappa shape index (κ3) is 7.92. The SMILES string of the molecule is CCC(C)NC(=NCc1ccc([N+](=O)[O-])cc1)NCCCN1CCOCC1. The van der Waals surface area contributed by atoms with E-state index in [1.165, 1.54) is 12.1 Å². The standard InChI is InChI=1S/C19H31N5O3/c1-3-16(2)22-19(20-9-4-10-23-11-13-27-14-12-23)21-15-17-5-7-18(8-6-17)24(25)26/h5-8,16H,3-4,9-15H2,1-2H3,(H2,20,21,22). The zero-order valence-electron chi connectivity index (χ0n) is 16.3. The Labute approximate surface area is 161 Å². The van der Waals surface area contributed by atoms with Crippen LogP contribution in [-0.4, -0.2) is 61.2 Å². The topological polar surface area (TPSA) is 92.0 Å². The second-order valence-electron chi connectivity index (χ2n) is 6.78. The van der Waals surface area contributed by atoms with Crippen LogP contribution < -0.4 is 10.6 Å². The van der Waals surface area contributed by atoms with Crippen LogP contribution in [0.15, 0.2) is 29.3 Å². The molecule has 1 aromatic rings. The number of aliphatic imine (C=N–C) groups is 1. The zero-order valence-corrected chi connectivity index (χ0v) is 16.3. The summed E-state index contributed by atoms with van der Waals surface area (Å²) in [5, 5.41) is 17.5. The number of benzene rings is 1. The molecule has 0 bridgehead atoms. The van der Waals surface area contributed by atoms with Crippen molar-refractivity contribution in [1.29, 1.82) is 0 Å². The van der Waals surface area contributed by atoms with Crippen LogP contribution >= 0.6 is 0 Å². The Morgan fingerprint density at radius 3 is 2.67 bits per heavy atom. The fourth-order valence-corrected chi connectivity index (χ4v) is 2.72. The highest BCUT2D eigenvalue weighted by Gasteiger charge is 2.10. The van der Waals surface area contributed by atoms with Crippen LogP contribution in [0.5, 0.6) is 0 Å². The molecule has 0 radical (unpaired) electrons. The summed E-state index contributed by atoms with van der Waals surface area (Å²) in [4.78, 5) is 17.4. The highest BCUT2D eigenvalue weighted by Crippen LogP contribution is 2.12. The lowest BCUT2D eigenvalue weighted by Gasteiger charge is -2.26. The van der Waals surface area contributed by atoms with Crippen LogP contribution in [0.4, 0.5) is 5.69 Å². The van der Waals surface area contributed by atoms with E-state index in [2.05, 4.69) is 34.4 Å². The third-order valence-corrected chi connectivity index (χ3v) is 4.61. The van der Waals surface area contributed by atoms with E-state index in [1.807, 2.05) is 0 Å². The highest BCUT2D eigenvalue weighted by molar-refractivity contribution is 5.80. The smallest absolute Gasteiger partial charge is 0.269 e. The summed E-state index contributed by atoms with van der Waals surface area (Å²) < 4.78 is 5.37. The fraction of sp³-hybridized carbons (Fsp3) is 0.632. The van der Waals surface area contributed by atoms with E-state index in [4.69, 9.17) is 4.74 Å². The van der Waals surface area contributed by atoms with Crippen LogP contribution in [0, 0.1) is 10.1 Å². The Hall–Kier alpha value is -2.19. The third-order valence-electron chi connectivity index (χ3n) is 4.61. The summed E-state index contributed by atoms with van der Waals surface area (Å²) in [7, 11) is 0. The molecule has 1 fully saturated rings. The van der Waals surface area contributed by atoms with Crippen molar-refractivity contribution in [2.24, 2.45) is 4.99 Å². The Balaban J connectivity index is 1.83. The van der Waals surface area contributed by atoms with Gasteiger partial charge in [0.25, 0.3) is 5.69 Å². The van der Waals surface area contributed by atoms with E-state index in [0.717, 1.165) is 63.8 Å². The van der Waals surface area contributed by atoms with Crippen LogP contribution in [0.2, 0.25) is 0 Å². The van der Waals surface area contributed by atoms with Crippen LogP contribution in [0.3, 0.4) is 0 Å².